The summed E-state index contributed by atoms with van der Waals surface area (Å²) in [5.41, 5.74) is 5.67. The summed E-state index contributed by atoms with van der Waals surface area (Å²) >= 11 is -0.556. The Balaban J connectivity index is 0.000000387. The van der Waals surface area contributed by atoms with Crippen molar-refractivity contribution in [3.8, 4) is 0 Å². The number of rotatable bonds is 2. The summed E-state index contributed by atoms with van der Waals surface area (Å²) in [5.74, 6) is 1.07. The van der Waals surface area contributed by atoms with Crippen molar-refractivity contribution in [1.82, 2.24) is 0 Å². The molecule has 0 saturated carbocycles. The van der Waals surface area contributed by atoms with Gasteiger partial charge in [-0.1, -0.05) is 56.2 Å². The number of hydrogen-bond acceptors (Lipinski definition) is 0. The van der Waals surface area contributed by atoms with Gasteiger partial charge in [-0.25, -0.2) is 6.07 Å². The van der Waals surface area contributed by atoms with Crippen molar-refractivity contribution in [3.63, 3.8) is 0 Å². The third-order valence-electron chi connectivity index (χ3n) is 3.63. The molecule has 23 heavy (non-hydrogen) atoms. The van der Waals surface area contributed by atoms with Gasteiger partial charge in [0.2, 0.25) is 0 Å². The van der Waals surface area contributed by atoms with Crippen LogP contribution in [0.25, 0.3) is 6.08 Å². The molecule has 0 bridgehead atoms. The maximum absolute atomic E-state index is 4.89. The van der Waals surface area contributed by atoms with E-state index < -0.39 is 17.0 Å². The van der Waals surface area contributed by atoms with Crippen molar-refractivity contribution in [2.75, 3.05) is 0 Å². The van der Waals surface area contributed by atoms with Crippen LogP contribution in [0.4, 0.5) is 0 Å². The van der Waals surface area contributed by atoms with E-state index >= 15 is 0 Å². The van der Waals surface area contributed by atoms with E-state index in [9.17, 15) is 0 Å². The Morgan fingerprint density at radius 1 is 1.13 bits per heavy atom. The minimum atomic E-state index is -0.556. The van der Waals surface area contributed by atoms with E-state index in [-0.39, 0.29) is 0 Å². The minimum absolute atomic E-state index is 0.457. The molecule has 3 heteroatoms. The average Bonchev–Trinajstić information content (AvgIpc) is 3.15. The summed E-state index contributed by atoms with van der Waals surface area (Å²) in [4.78, 5) is 0. The predicted octanol–water partition coefficient (Wildman–Crippen LogP) is 7.29. The number of benzene rings is 1. The van der Waals surface area contributed by atoms with Gasteiger partial charge in [-0.2, -0.15) is 31.5 Å². The summed E-state index contributed by atoms with van der Waals surface area (Å²) < 4.78 is 0. The normalized spacial score (nSPS) is 14.5. The molecule has 0 radical (unpaired) electrons. The van der Waals surface area contributed by atoms with Gasteiger partial charge in [-0.3, -0.25) is 0 Å². The first-order valence-electron chi connectivity index (χ1n) is 7.82. The van der Waals surface area contributed by atoms with Crippen molar-refractivity contribution in [2.24, 2.45) is 0 Å². The first-order valence-corrected chi connectivity index (χ1v) is 12.1. The van der Waals surface area contributed by atoms with Gasteiger partial charge in [-0.15, -0.1) is 5.56 Å². The van der Waals surface area contributed by atoms with Gasteiger partial charge in [0.25, 0.3) is 0 Å². The summed E-state index contributed by atoms with van der Waals surface area (Å²) in [5, 5.41) is 0. The van der Waals surface area contributed by atoms with Crippen LogP contribution in [0.5, 0.6) is 0 Å². The molecule has 0 heterocycles. The second-order valence-corrected chi connectivity index (χ2v) is 8.33. The zero-order valence-electron chi connectivity index (χ0n) is 14.2. The van der Waals surface area contributed by atoms with Crippen molar-refractivity contribution in [2.45, 2.75) is 39.5 Å². The van der Waals surface area contributed by atoms with Gasteiger partial charge in [0, 0.05) is 0 Å². The fourth-order valence-corrected chi connectivity index (χ4v) is 2.57. The van der Waals surface area contributed by atoms with Crippen LogP contribution < -0.4 is 0 Å². The molecule has 0 nitrogen and oxygen atoms in total. The maximum atomic E-state index is 4.89. The molecule has 2 aromatic rings. The Morgan fingerprint density at radius 2 is 1.74 bits per heavy atom. The molecule has 0 N–H and O–H groups in total. The fourth-order valence-electron chi connectivity index (χ4n) is 2.57. The van der Waals surface area contributed by atoms with Crippen molar-refractivity contribution in [3.05, 3.63) is 77.2 Å². The van der Waals surface area contributed by atoms with Crippen molar-refractivity contribution in [1.29, 1.82) is 0 Å². The summed E-state index contributed by atoms with van der Waals surface area (Å²) in [6.07, 6.45) is 6.55. The Labute approximate surface area is 157 Å². The number of allylic oxidation sites excluding steroid dienone is 1. The molecule has 0 aromatic heterocycles. The molecule has 0 spiro atoms. The molecule has 1 unspecified atom stereocenters. The molecule has 0 fully saturated rings. The van der Waals surface area contributed by atoms with Gasteiger partial charge in [0.15, 0.2) is 0 Å². The van der Waals surface area contributed by atoms with Crippen LogP contribution in [-0.4, -0.2) is 0 Å². The van der Waals surface area contributed by atoms with Crippen LogP contribution in [-0.2, 0) is 17.0 Å². The Hall–Kier alpha value is -0.396. The van der Waals surface area contributed by atoms with Crippen molar-refractivity contribution < 1.29 is 17.0 Å². The summed E-state index contributed by atoms with van der Waals surface area (Å²) in [7, 11) is 9.78. The molecular formula is C20H24Cl2Ti-2. The van der Waals surface area contributed by atoms with Crippen LogP contribution in [0.2, 0.25) is 0 Å². The van der Waals surface area contributed by atoms with Crippen LogP contribution in [0.1, 0.15) is 61.8 Å². The van der Waals surface area contributed by atoms with Crippen LogP contribution in [0.3, 0.4) is 0 Å². The fraction of sp³-hybridized carbons (Fsp3) is 0.300. The standard InChI is InChI=1S/C17H17.C3H7.2ClH.Ti/c1-12(2)14-7-8-15(11-14)17-10-9-13-5-3-4-6-16(13)17;1-3-2;;;/h3-12,17H,1-2H3;3H,1-2H3;2*1H;/q2*-1;;;+2/p-2. The third-order valence-corrected chi connectivity index (χ3v) is 3.63. The number of hydrogen-bond donors (Lipinski definition) is 0. The monoisotopic (exact) mass is 382 g/mol. The Bertz CT molecular complexity index is 597. The molecule has 3 rings (SSSR count). The van der Waals surface area contributed by atoms with E-state index in [4.69, 9.17) is 18.6 Å². The van der Waals surface area contributed by atoms with Gasteiger partial charge in [0.1, 0.15) is 0 Å². The quantitative estimate of drug-likeness (QED) is 0.377. The second kappa shape index (κ2) is 11.2. The first-order chi connectivity index (χ1) is 11.1. The average molecular weight is 383 g/mol. The van der Waals surface area contributed by atoms with Gasteiger partial charge >= 0.3 is 35.6 Å². The molecule has 0 amide bonds. The van der Waals surface area contributed by atoms with E-state index in [1.54, 1.807) is 0 Å². The van der Waals surface area contributed by atoms with E-state index in [0.717, 1.165) is 0 Å². The molecule has 1 aliphatic rings. The third kappa shape index (κ3) is 6.20. The first kappa shape index (κ1) is 20.6. The molecule has 0 saturated heterocycles. The molecule has 1 aliphatic carbocycles. The van der Waals surface area contributed by atoms with E-state index in [1.165, 1.54) is 22.3 Å². The van der Waals surface area contributed by atoms with Gasteiger partial charge in [0.05, 0.1) is 0 Å². The Kier molecular flexibility index (Phi) is 10.1. The Morgan fingerprint density at radius 3 is 2.30 bits per heavy atom. The molecule has 2 aromatic carbocycles. The molecule has 1 atom stereocenters. The van der Waals surface area contributed by atoms with E-state index in [1.807, 2.05) is 20.3 Å². The topological polar surface area (TPSA) is 0 Å². The second-order valence-electron chi connectivity index (χ2n) is 5.75. The van der Waals surface area contributed by atoms with Crippen molar-refractivity contribution >= 4 is 24.7 Å². The number of halogens is 2. The zero-order valence-corrected chi connectivity index (χ0v) is 17.3. The number of fused-ring (bicyclic) bond motifs is 1. The van der Waals surface area contributed by atoms with Crippen LogP contribution in [0, 0.1) is 6.42 Å². The SMILES string of the molecule is CC(C)c1cc[c-](C2C=Cc3ccccc32)c1.C[CH-]C.[Cl][Ti][Cl]. The summed E-state index contributed by atoms with van der Waals surface area (Å²) in [6, 6.07) is 15.5. The van der Waals surface area contributed by atoms with Gasteiger partial charge < -0.3 is 6.42 Å². The summed E-state index contributed by atoms with van der Waals surface area (Å²) in [6.45, 7) is 8.50. The van der Waals surface area contributed by atoms with E-state index in [0.29, 0.717) is 11.8 Å². The molecule has 124 valence electrons. The van der Waals surface area contributed by atoms with Gasteiger partial charge in [-0.05, 0) is 17.0 Å². The van der Waals surface area contributed by atoms with E-state index in [2.05, 4.69) is 68.5 Å². The van der Waals surface area contributed by atoms with Crippen LogP contribution in [0.15, 0.2) is 48.5 Å². The molecular weight excluding hydrogens is 359 g/mol. The molecule has 0 aliphatic heterocycles. The predicted molar refractivity (Wildman–Crippen MR) is 101 cm³/mol. The zero-order chi connectivity index (χ0) is 17.2. The van der Waals surface area contributed by atoms with Crippen LogP contribution >= 0.6 is 18.6 Å².